The van der Waals surface area contributed by atoms with Gasteiger partial charge in [0.25, 0.3) is 5.91 Å². The van der Waals surface area contributed by atoms with Crippen molar-refractivity contribution in [3.05, 3.63) is 94.6 Å². The van der Waals surface area contributed by atoms with Gasteiger partial charge in [0.15, 0.2) is 0 Å². The fourth-order valence-electron chi connectivity index (χ4n) is 3.40. The zero-order chi connectivity index (χ0) is 22.7. The van der Waals surface area contributed by atoms with Crippen LogP contribution in [0, 0.1) is 6.92 Å². The molecule has 1 unspecified atom stereocenters. The van der Waals surface area contributed by atoms with E-state index in [0.717, 1.165) is 21.6 Å². The summed E-state index contributed by atoms with van der Waals surface area (Å²) in [5.41, 5.74) is 10.9. The minimum Gasteiger partial charge on any atom is -0.397 e. The predicted octanol–water partition coefficient (Wildman–Crippen LogP) is 4.90. The Kier molecular flexibility index (Phi) is 6.42. The first-order valence-electron chi connectivity index (χ1n) is 9.86. The van der Waals surface area contributed by atoms with Crippen molar-refractivity contribution in [2.45, 2.75) is 13.3 Å². The molecule has 0 spiro atoms. The molecule has 0 saturated carbocycles. The van der Waals surface area contributed by atoms with Crippen molar-refractivity contribution < 1.29 is 14.3 Å². The van der Waals surface area contributed by atoms with Crippen molar-refractivity contribution in [2.75, 3.05) is 11.1 Å². The zero-order valence-corrected chi connectivity index (χ0v) is 19.0. The van der Waals surface area contributed by atoms with E-state index < -0.39 is 8.03 Å². The summed E-state index contributed by atoms with van der Waals surface area (Å²) in [5, 5.41) is 5.26. The molecule has 2 heterocycles. The Morgan fingerprint density at radius 2 is 2.00 bits per heavy atom. The number of aryl methyl sites for hydroxylation is 1. The molecule has 0 aliphatic heterocycles. The van der Waals surface area contributed by atoms with Gasteiger partial charge in [0.1, 0.15) is 0 Å². The summed E-state index contributed by atoms with van der Waals surface area (Å²) < 4.78 is 11.7. The monoisotopic (exact) mass is 462 g/mol. The zero-order valence-electron chi connectivity index (χ0n) is 17.3. The first-order chi connectivity index (χ1) is 15.4. The van der Waals surface area contributed by atoms with Gasteiger partial charge in [-0.3, -0.25) is 9.78 Å². The molecule has 32 heavy (non-hydrogen) atoms. The van der Waals surface area contributed by atoms with Crippen LogP contribution in [0.5, 0.6) is 0 Å². The summed E-state index contributed by atoms with van der Waals surface area (Å²) in [4.78, 5) is 27.8. The van der Waals surface area contributed by atoms with Gasteiger partial charge in [-0.1, -0.05) is 24.3 Å². The van der Waals surface area contributed by atoms with Crippen molar-refractivity contribution in [3.8, 4) is 10.4 Å². The highest BCUT2D eigenvalue weighted by atomic mass is 32.1. The van der Waals surface area contributed by atoms with E-state index in [4.69, 9.17) is 5.73 Å². The molecular formula is C24H21N3O3PS+. The SMILES string of the molecule is Cc1cccc([P+](=O)O)c1Cc1ccc(C(=O)Nc2cc(-c3cccs3)ccc2N)cn1. The van der Waals surface area contributed by atoms with Gasteiger partial charge >= 0.3 is 8.03 Å². The van der Waals surface area contributed by atoms with Crippen molar-refractivity contribution in [1.29, 1.82) is 0 Å². The molecule has 4 N–H and O–H groups in total. The van der Waals surface area contributed by atoms with E-state index >= 15 is 0 Å². The lowest BCUT2D eigenvalue weighted by atomic mass is 10.0. The average Bonchev–Trinajstić information content (AvgIpc) is 3.32. The normalized spacial score (nSPS) is 11.2. The third kappa shape index (κ3) is 4.75. The van der Waals surface area contributed by atoms with Gasteiger partial charge in [-0.2, -0.15) is 4.89 Å². The van der Waals surface area contributed by atoms with Crippen LogP contribution in [-0.2, 0) is 11.0 Å². The number of nitrogens with two attached hydrogens (primary N) is 1. The molecule has 4 rings (SSSR count). The third-order valence-corrected chi connectivity index (χ3v) is 6.89. The molecule has 0 bridgehead atoms. The smallest absolute Gasteiger partial charge is 0.397 e. The summed E-state index contributed by atoms with van der Waals surface area (Å²) in [6, 6.07) is 18.3. The summed E-state index contributed by atoms with van der Waals surface area (Å²) in [6.07, 6.45) is 1.90. The number of carbonyl (C=O) groups is 1. The first kappa shape index (κ1) is 21.8. The topological polar surface area (TPSA) is 105 Å². The molecule has 160 valence electrons. The third-order valence-electron chi connectivity index (χ3n) is 5.14. The van der Waals surface area contributed by atoms with Gasteiger partial charge in [0.2, 0.25) is 5.30 Å². The molecule has 6 nitrogen and oxygen atoms in total. The Balaban J connectivity index is 1.51. The Morgan fingerprint density at radius 1 is 1.16 bits per heavy atom. The van der Waals surface area contributed by atoms with E-state index in [2.05, 4.69) is 10.3 Å². The number of hydrogen-bond acceptors (Lipinski definition) is 5. The van der Waals surface area contributed by atoms with Crippen LogP contribution in [0.3, 0.4) is 0 Å². The van der Waals surface area contributed by atoms with Crippen LogP contribution in [0.2, 0.25) is 0 Å². The van der Waals surface area contributed by atoms with E-state index in [-0.39, 0.29) is 5.91 Å². The highest BCUT2D eigenvalue weighted by Gasteiger charge is 2.23. The highest BCUT2D eigenvalue weighted by molar-refractivity contribution is 7.47. The van der Waals surface area contributed by atoms with Gasteiger partial charge < -0.3 is 11.1 Å². The lowest BCUT2D eigenvalue weighted by Crippen LogP contribution is -2.14. The number of benzene rings is 2. The van der Waals surface area contributed by atoms with Gasteiger partial charge in [0.05, 0.1) is 16.9 Å². The quantitative estimate of drug-likeness (QED) is 0.279. The lowest BCUT2D eigenvalue weighted by Gasteiger charge is -2.10. The van der Waals surface area contributed by atoms with Crippen molar-refractivity contribution >= 4 is 42.0 Å². The molecular weight excluding hydrogens is 441 g/mol. The van der Waals surface area contributed by atoms with Crippen LogP contribution in [-0.4, -0.2) is 15.8 Å². The number of hydrogen-bond donors (Lipinski definition) is 3. The number of thiophene rings is 1. The number of pyridine rings is 1. The van der Waals surface area contributed by atoms with E-state index in [1.54, 1.807) is 41.7 Å². The number of anilines is 2. The average molecular weight is 462 g/mol. The number of rotatable bonds is 6. The van der Waals surface area contributed by atoms with Crippen molar-refractivity contribution in [1.82, 2.24) is 4.98 Å². The van der Waals surface area contributed by atoms with E-state index in [9.17, 15) is 14.3 Å². The maximum atomic E-state index is 12.8. The molecule has 0 aliphatic rings. The predicted molar refractivity (Wildman–Crippen MR) is 130 cm³/mol. The Hall–Kier alpha value is -3.38. The summed E-state index contributed by atoms with van der Waals surface area (Å²) in [5.74, 6) is -0.311. The van der Waals surface area contributed by atoms with Crippen LogP contribution in [0.25, 0.3) is 10.4 Å². The standard InChI is InChI=1S/C24H20N3O3PS/c1-15-4-2-5-22(31(29)30)19(15)13-18-9-7-17(14-26-18)24(28)27-21-12-16(8-10-20(21)25)23-6-3-11-32-23/h2-12,14H,13,25H2,1H3,(H-,27,28,29,30)/p+1. The van der Waals surface area contributed by atoms with Gasteiger partial charge in [0, 0.05) is 28.8 Å². The van der Waals surface area contributed by atoms with Gasteiger partial charge in [-0.15, -0.1) is 11.3 Å². The van der Waals surface area contributed by atoms with Gasteiger partial charge in [-0.25, -0.2) is 0 Å². The van der Waals surface area contributed by atoms with Crippen LogP contribution < -0.4 is 16.4 Å². The molecule has 1 atom stereocenters. The number of nitrogens with zero attached hydrogens (tertiary/aromatic N) is 1. The number of nitrogens with one attached hydrogen (secondary N) is 1. The van der Waals surface area contributed by atoms with E-state index in [0.29, 0.717) is 34.4 Å². The largest absolute Gasteiger partial charge is 0.546 e. The molecule has 2 aromatic carbocycles. The Morgan fingerprint density at radius 3 is 2.69 bits per heavy atom. The molecule has 0 saturated heterocycles. The molecule has 0 fully saturated rings. The van der Waals surface area contributed by atoms with Crippen molar-refractivity contribution in [2.24, 2.45) is 0 Å². The van der Waals surface area contributed by atoms with E-state index in [1.165, 1.54) is 6.20 Å². The molecule has 2 aromatic heterocycles. The second-order valence-corrected chi connectivity index (χ2v) is 9.27. The van der Waals surface area contributed by atoms with Gasteiger partial charge in [-0.05, 0) is 64.4 Å². The summed E-state index contributed by atoms with van der Waals surface area (Å²) in [7, 11) is -2.45. The number of nitrogen functional groups attached to an aromatic ring is 1. The maximum absolute atomic E-state index is 12.8. The molecule has 0 aliphatic carbocycles. The van der Waals surface area contributed by atoms with Crippen LogP contribution in [0.4, 0.5) is 11.4 Å². The maximum Gasteiger partial charge on any atom is 0.546 e. The Labute approximate surface area is 190 Å². The molecule has 0 radical (unpaired) electrons. The first-order valence-corrected chi connectivity index (χ1v) is 12.0. The molecule has 1 amide bonds. The van der Waals surface area contributed by atoms with Crippen LogP contribution in [0.15, 0.2) is 72.2 Å². The fraction of sp³-hybridized carbons (Fsp3) is 0.0833. The summed E-state index contributed by atoms with van der Waals surface area (Å²) in [6.45, 7) is 1.90. The fourth-order valence-corrected chi connectivity index (χ4v) is 4.82. The minimum atomic E-state index is -2.45. The lowest BCUT2D eigenvalue weighted by molar-refractivity contribution is 0.102. The second kappa shape index (κ2) is 9.40. The molecule has 8 heteroatoms. The second-order valence-electron chi connectivity index (χ2n) is 7.29. The molecule has 4 aromatic rings. The van der Waals surface area contributed by atoms with Crippen LogP contribution >= 0.6 is 19.4 Å². The Bertz CT molecular complexity index is 1290. The highest BCUT2D eigenvalue weighted by Crippen LogP contribution is 2.30. The number of amides is 1. The van der Waals surface area contributed by atoms with E-state index in [1.807, 2.05) is 42.6 Å². The van der Waals surface area contributed by atoms with Crippen LogP contribution in [0.1, 0.15) is 27.2 Å². The minimum absolute atomic E-state index is 0.311. The number of carbonyl (C=O) groups excluding carboxylic acids is 1. The van der Waals surface area contributed by atoms with Crippen molar-refractivity contribution in [3.63, 3.8) is 0 Å². The number of aromatic nitrogens is 1. The summed E-state index contributed by atoms with van der Waals surface area (Å²) >= 11 is 1.61.